The van der Waals surface area contributed by atoms with E-state index in [-0.39, 0.29) is 12.4 Å². The highest BCUT2D eigenvalue weighted by Crippen LogP contribution is 2.29. The van der Waals surface area contributed by atoms with Crippen molar-refractivity contribution in [3.63, 3.8) is 0 Å². The predicted octanol–water partition coefficient (Wildman–Crippen LogP) is 2.79. The lowest BCUT2D eigenvalue weighted by atomic mass is 10.1. The zero-order valence-electron chi connectivity index (χ0n) is 12.5. The van der Waals surface area contributed by atoms with Crippen LogP contribution in [0.1, 0.15) is 25.7 Å². The van der Waals surface area contributed by atoms with Crippen LogP contribution in [0.3, 0.4) is 0 Å². The van der Waals surface area contributed by atoms with Crippen molar-refractivity contribution in [3.8, 4) is 0 Å². The lowest BCUT2D eigenvalue weighted by Crippen LogP contribution is -2.35. The summed E-state index contributed by atoms with van der Waals surface area (Å²) in [5.74, 6) is 1.82. The second kappa shape index (κ2) is 6.67. The Kier molecular flexibility index (Phi) is 4.64. The van der Waals surface area contributed by atoms with Crippen LogP contribution in [0.25, 0.3) is 11.0 Å². The molecule has 6 heteroatoms. The van der Waals surface area contributed by atoms with E-state index < -0.39 is 0 Å². The van der Waals surface area contributed by atoms with Crippen LogP contribution in [0, 0.1) is 0 Å². The average molecular weight is 320 g/mol. The van der Waals surface area contributed by atoms with E-state index in [2.05, 4.69) is 16.0 Å². The highest BCUT2D eigenvalue weighted by molar-refractivity contribution is 5.85. The normalized spacial score (nSPS) is 18.7. The number of nitrogens with one attached hydrogen (secondary N) is 3. The van der Waals surface area contributed by atoms with Gasteiger partial charge in [0.25, 0.3) is 0 Å². The largest absolute Gasteiger partial charge is 0.364 e. The predicted molar refractivity (Wildman–Crippen MR) is 92.9 cm³/mol. The number of fused-ring (bicyclic) bond motifs is 1. The van der Waals surface area contributed by atoms with Crippen LogP contribution >= 0.6 is 12.4 Å². The van der Waals surface area contributed by atoms with Gasteiger partial charge in [0, 0.05) is 12.1 Å². The van der Waals surface area contributed by atoms with E-state index in [1.165, 1.54) is 12.8 Å². The Bertz CT molecular complexity index is 637. The minimum Gasteiger partial charge on any atom is -0.364 e. The Labute approximate surface area is 136 Å². The smallest absolute Gasteiger partial charge is 0.170 e. The molecule has 1 aliphatic carbocycles. The average Bonchev–Trinajstić information content (AvgIpc) is 3.33. The number of piperidine rings is 1. The zero-order chi connectivity index (χ0) is 14.1. The number of para-hydroxylation sites is 2. The molecule has 1 aromatic heterocycles. The molecule has 1 saturated carbocycles. The van der Waals surface area contributed by atoms with Gasteiger partial charge in [-0.25, -0.2) is 9.97 Å². The first-order valence-corrected chi connectivity index (χ1v) is 7.89. The van der Waals surface area contributed by atoms with Crippen molar-refractivity contribution in [3.05, 3.63) is 24.3 Å². The topological polar surface area (TPSA) is 61.9 Å². The van der Waals surface area contributed by atoms with E-state index in [0.717, 1.165) is 48.6 Å². The minimum absolute atomic E-state index is 0. The summed E-state index contributed by atoms with van der Waals surface area (Å²) in [4.78, 5) is 9.56. The molecule has 0 unspecified atom stereocenters. The Morgan fingerprint density at radius 2 is 1.32 bits per heavy atom. The van der Waals surface area contributed by atoms with E-state index in [1.807, 2.05) is 24.3 Å². The molecule has 5 nitrogen and oxygen atoms in total. The molecule has 3 N–H and O–H groups in total. The van der Waals surface area contributed by atoms with Crippen LogP contribution in [-0.4, -0.2) is 35.1 Å². The second-order valence-electron chi connectivity index (χ2n) is 6.00. The Hall–Kier alpha value is -1.59. The van der Waals surface area contributed by atoms with Gasteiger partial charge in [0.1, 0.15) is 0 Å². The van der Waals surface area contributed by atoms with E-state index in [0.29, 0.717) is 12.1 Å². The third-order valence-corrected chi connectivity index (χ3v) is 4.17. The number of rotatable bonds is 4. The van der Waals surface area contributed by atoms with Crippen molar-refractivity contribution >= 4 is 35.1 Å². The number of anilines is 2. The summed E-state index contributed by atoms with van der Waals surface area (Å²) in [6.45, 7) is 2.15. The van der Waals surface area contributed by atoms with Crippen molar-refractivity contribution < 1.29 is 0 Å². The summed E-state index contributed by atoms with van der Waals surface area (Å²) in [7, 11) is 0. The van der Waals surface area contributed by atoms with Crippen LogP contribution in [0.4, 0.5) is 11.6 Å². The van der Waals surface area contributed by atoms with Gasteiger partial charge >= 0.3 is 0 Å². The fourth-order valence-electron chi connectivity index (χ4n) is 2.78. The van der Waals surface area contributed by atoms with Gasteiger partial charge in [-0.2, -0.15) is 0 Å². The molecule has 0 radical (unpaired) electrons. The van der Waals surface area contributed by atoms with Gasteiger partial charge in [-0.3, -0.25) is 0 Å². The third kappa shape index (κ3) is 3.42. The highest BCUT2D eigenvalue weighted by Gasteiger charge is 2.24. The van der Waals surface area contributed by atoms with E-state index >= 15 is 0 Å². The van der Waals surface area contributed by atoms with Crippen molar-refractivity contribution in [1.82, 2.24) is 15.3 Å². The molecule has 1 saturated heterocycles. The summed E-state index contributed by atoms with van der Waals surface area (Å²) >= 11 is 0. The van der Waals surface area contributed by atoms with E-state index in [1.54, 1.807) is 0 Å². The first kappa shape index (κ1) is 15.3. The molecular formula is C16H22ClN5. The summed E-state index contributed by atoms with van der Waals surface area (Å²) in [5.41, 5.74) is 1.91. The van der Waals surface area contributed by atoms with Crippen molar-refractivity contribution in [2.45, 2.75) is 37.8 Å². The molecule has 4 rings (SSSR count). The molecule has 1 aromatic carbocycles. The molecule has 2 heterocycles. The van der Waals surface area contributed by atoms with Crippen LogP contribution in [-0.2, 0) is 0 Å². The molecule has 0 amide bonds. The number of hydrogen-bond donors (Lipinski definition) is 3. The summed E-state index contributed by atoms with van der Waals surface area (Å²) in [6, 6.07) is 9.14. The molecule has 2 aromatic rings. The highest BCUT2D eigenvalue weighted by atomic mass is 35.5. The van der Waals surface area contributed by atoms with Gasteiger partial charge in [-0.05, 0) is 50.9 Å². The number of benzene rings is 1. The van der Waals surface area contributed by atoms with Gasteiger partial charge in [0.05, 0.1) is 11.0 Å². The van der Waals surface area contributed by atoms with Crippen molar-refractivity contribution in [1.29, 1.82) is 0 Å². The molecule has 1 aliphatic heterocycles. The quantitative estimate of drug-likeness (QED) is 0.809. The standard InChI is InChI=1S/C16H21N5.ClH/c1-2-4-14-13(3-1)20-15(18-11-5-6-11)16(21-14)19-12-7-9-17-10-8-12;/h1-4,11-12,17H,5-10H2,(H,18,20)(H,19,21);1H. The first-order valence-electron chi connectivity index (χ1n) is 7.89. The number of nitrogens with zero attached hydrogens (tertiary/aromatic N) is 2. The molecule has 0 spiro atoms. The van der Waals surface area contributed by atoms with Crippen LogP contribution in [0.15, 0.2) is 24.3 Å². The number of halogens is 1. The molecule has 22 heavy (non-hydrogen) atoms. The van der Waals surface area contributed by atoms with Crippen molar-refractivity contribution in [2.75, 3.05) is 23.7 Å². The van der Waals surface area contributed by atoms with Gasteiger partial charge in [-0.1, -0.05) is 12.1 Å². The maximum Gasteiger partial charge on any atom is 0.170 e. The Morgan fingerprint density at radius 1 is 0.818 bits per heavy atom. The maximum absolute atomic E-state index is 4.79. The molecule has 2 aliphatic rings. The maximum atomic E-state index is 4.79. The molecule has 0 bridgehead atoms. The Balaban J connectivity index is 0.00000144. The molecule has 118 valence electrons. The lowest BCUT2D eigenvalue weighted by molar-refractivity contribution is 0.478. The minimum atomic E-state index is 0. The summed E-state index contributed by atoms with van der Waals surface area (Å²) in [6.07, 6.45) is 4.75. The molecule has 0 atom stereocenters. The van der Waals surface area contributed by atoms with Crippen LogP contribution < -0.4 is 16.0 Å². The third-order valence-electron chi connectivity index (χ3n) is 4.17. The van der Waals surface area contributed by atoms with Gasteiger partial charge in [0.2, 0.25) is 0 Å². The molecule has 2 fully saturated rings. The number of aromatic nitrogens is 2. The van der Waals surface area contributed by atoms with Gasteiger partial charge in [0.15, 0.2) is 11.6 Å². The van der Waals surface area contributed by atoms with Gasteiger partial charge in [-0.15, -0.1) is 12.4 Å². The first-order chi connectivity index (χ1) is 10.4. The fraction of sp³-hybridized carbons (Fsp3) is 0.500. The SMILES string of the molecule is Cl.c1ccc2nc(NC3CC3)c(NC3CCNCC3)nc2c1. The molecular weight excluding hydrogens is 298 g/mol. The summed E-state index contributed by atoms with van der Waals surface area (Å²) in [5, 5.41) is 10.5. The van der Waals surface area contributed by atoms with Gasteiger partial charge < -0.3 is 16.0 Å². The summed E-state index contributed by atoms with van der Waals surface area (Å²) < 4.78 is 0. The van der Waals surface area contributed by atoms with E-state index in [4.69, 9.17) is 9.97 Å². The zero-order valence-corrected chi connectivity index (χ0v) is 13.3. The van der Waals surface area contributed by atoms with Crippen molar-refractivity contribution in [2.24, 2.45) is 0 Å². The second-order valence-corrected chi connectivity index (χ2v) is 6.00. The monoisotopic (exact) mass is 319 g/mol. The fourth-order valence-corrected chi connectivity index (χ4v) is 2.78. The van der Waals surface area contributed by atoms with E-state index in [9.17, 15) is 0 Å². The van der Waals surface area contributed by atoms with Crippen LogP contribution in [0.2, 0.25) is 0 Å². The van der Waals surface area contributed by atoms with Crippen LogP contribution in [0.5, 0.6) is 0 Å². The Morgan fingerprint density at radius 3 is 1.82 bits per heavy atom. The lowest BCUT2D eigenvalue weighted by Gasteiger charge is -2.25. The number of hydrogen-bond acceptors (Lipinski definition) is 5.